The summed E-state index contributed by atoms with van der Waals surface area (Å²) in [6.45, 7) is 18.1. The van der Waals surface area contributed by atoms with Crippen LogP contribution in [0.2, 0.25) is 0 Å². The molecule has 0 aromatic carbocycles. The van der Waals surface area contributed by atoms with Crippen molar-refractivity contribution in [3.63, 3.8) is 0 Å². The van der Waals surface area contributed by atoms with Gasteiger partial charge >= 0.3 is 0 Å². The number of pyridine rings is 1. The van der Waals surface area contributed by atoms with Crippen LogP contribution in [0, 0.1) is 57.2 Å². The summed E-state index contributed by atoms with van der Waals surface area (Å²) in [7, 11) is 0. The second kappa shape index (κ2) is 10.6. The molecule has 0 radical (unpaired) electrons. The molecular weight excluding hydrogens is 476 g/mol. The van der Waals surface area contributed by atoms with Crippen molar-refractivity contribution in [3.8, 4) is 0 Å². The minimum atomic E-state index is -0.434. The molecule has 4 fully saturated rings. The highest BCUT2D eigenvalue weighted by Gasteiger charge is 2.67. The van der Waals surface area contributed by atoms with Gasteiger partial charge < -0.3 is 5.73 Å². The number of hydrogen-bond acceptors (Lipinski definition) is 3. The van der Waals surface area contributed by atoms with Crippen LogP contribution in [0.15, 0.2) is 24.5 Å². The number of fused-ring (bicyclic) bond motifs is 5. The third-order valence-electron chi connectivity index (χ3n) is 14.1. The van der Waals surface area contributed by atoms with Crippen molar-refractivity contribution in [1.82, 2.24) is 4.98 Å². The maximum absolute atomic E-state index is 12.8. The molecule has 10 atom stereocenters. The van der Waals surface area contributed by atoms with Gasteiger partial charge in [0, 0.05) is 18.0 Å². The molecule has 0 bridgehead atoms. The third-order valence-corrected chi connectivity index (χ3v) is 14.1. The van der Waals surface area contributed by atoms with Crippen molar-refractivity contribution in [3.05, 3.63) is 30.1 Å². The molecule has 3 nitrogen and oxygen atoms in total. The van der Waals surface area contributed by atoms with Gasteiger partial charge in [0.05, 0.1) is 6.04 Å². The van der Waals surface area contributed by atoms with Crippen molar-refractivity contribution in [1.29, 1.82) is 0 Å². The third kappa shape index (κ3) is 4.75. The van der Waals surface area contributed by atoms with Gasteiger partial charge in [-0.2, -0.15) is 0 Å². The van der Waals surface area contributed by atoms with Crippen LogP contribution in [-0.2, 0) is 0 Å². The Hall–Kier alpha value is -1.22. The first-order chi connectivity index (χ1) is 18.3. The zero-order valence-corrected chi connectivity index (χ0v) is 26.3. The van der Waals surface area contributed by atoms with Gasteiger partial charge in [-0.1, -0.05) is 67.7 Å². The molecule has 4 aliphatic carbocycles. The number of carbonyl (C=O) groups is 1. The summed E-state index contributed by atoms with van der Waals surface area (Å²) in [6.07, 6.45) is 19.8. The lowest BCUT2D eigenvalue weighted by Crippen LogP contribution is -2.62. The molecule has 1 aromatic rings. The topological polar surface area (TPSA) is 56.0 Å². The number of Topliss-reactive ketones (excluding diaryl/α,β-unsaturated/α-hetero) is 1. The standard InChI is InChI=1S/C36H58N2O/c1-24(11-8-12-25(2)31(37)32(39)26-13-9-22-38-23-26)27-16-20-35(6)28(27)14-15-30-34(5)19-10-18-33(3,4)29(34)17-21-36(30,35)7/h9,13,22-25,27-31H,8,10-12,14-21,37H2,1-7H3/t24-,25?,27-,28-,29+,30-,31?,34+,35-,36-/m1/s1. The minimum absolute atomic E-state index is 0.0324. The Morgan fingerprint density at radius 2 is 1.69 bits per heavy atom. The molecule has 5 rings (SSSR count). The fourth-order valence-corrected chi connectivity index (χ4v) is 11.7. The lowest BCUT2D eigenvalue weighted by molar-refractivity contribution is -0.203. The van der Waals surface area contributed by atoms with E-state index >= 15 is 0 Å². The molecule has 2 N–H and O–H groups in total. The van der Waals surface area contributed by atoms with E-state index < -0.39 is 6.04 Å². The predicted octanol–water partition coefficient (Wildman–Crippen LogP) is 9.11. The van der Waals surface area contributed by atoms with E-state index in [1.807, 2.05) is 12.1 Å². The molecule has 3 heteroatoms. The fourth-order valence-electron chi connectivity index (χ4n) is 11.7. The van der Waals surface area contributed by atoms with Crippen LogP contribution < -0.4 is 5.73 Å². The average Bonchev–Trinajstić information content (AvgIpc) is 3.26. The van der Waals surface area contributed by atoms with Crippen LogP contribution in [-0.4, -0.2) is 16.8 Å². The van der Waals surface area contributed by atoms with Gasteiger partial charge in [0.1, 0.15) is 0 Å². The lowest BCUT2D eigenvalue weighted by Gasteiger charge is -2.69. The second-order valence-electron chi connectivity index (χ2n) is 16.2. The van der Waals surface area contributed by atoms with E-state index in [4.69, 9.17) is 5.73 Å². The summed E-state index contributed by atoms with van der Waals surface area (Å²) in [5.41, 5.74) is 9.09. The van der Waals surface area contributed by atoms with E-state index in [2.05, 4.69) is 53.5 Å². The van der Waals surface area contributed by atoms with Gasteiger partial charge in [-0.05, 0) is 127 Å². The highest BCUT2D eigenvalue weighted by atomic mass is 16.1. The molecule has 218 valence electrons. The second-order valence-corrected chi connectivity index (χ2v) is 16.2. The van der Waals surface area contributed by atoms with Crippen LogP contribution in [0.4, 0.5) is 0 Å². The molecule has 0 spiro atoms. The zero-order chi connectivity index (χ0) is 28.2. The number of ketones is 1. The summed E-state index contributed by atoms with van der Waals surface area (Å²) >= 11 is 0. The van der Waals surface area contributed by atoms with Crippen molar-refractivity contribution < 1.29 is 4.79 Å². The molecule has 2 unspecified atom stereocenters. The Labute approximate surface area is 239 Å². The monoisotopic (exact) mass is 534 g/mol. The Kier molecular flexibility index (Phi) is 7.93. The van der Waals surface area contributed by atoms with Crippen LogP contribution in [0.1, 0.15) is 136 Å². The average molecular weight is 535 g/mol. The van der Waals surface area contributed by atoms with Crippen molar-refractivity contribution >= 4 is 5.78 Å². The van der Waals surface area contributed by atoms with E-state index in [0.29, 0.717) is 27.2 Å². The maximum atomic E-state index is 12.8. The van der Waals surface area contributed by atoms with Crippen LogP contribution in [0.5, 0.6) is 0 Å². The lowest BCUT2D eigenvalue weighted by atomic mass is 9.35. The van der Waals surface area contributed by atoms with Crippen molar-refractivity contribution in [2.45, 2.75) is 132 Å². The SMILES string of the molecule is CC(CCC[C@@H](C)[C@H]1CC[C@]2(C)[C@@H]1CC[C@@H]1[C@@]3(C)CCCC(C)(C)[C@@H]3CC[C@]12C)C(N)C(=O)c1cccnc1. The van der Waals surface area contributed by atoms with Crippen molar-refractivity contribution in [2.75, 3.05) is 0 Å². The van der Waals surface area contributed by atoms with Crippen LogP contribution in [0.25, 0.3) is 0 Å². The Morgan fingerprint density at radius 3 is 2.41 bits per heavy atom. The molecule has 0 aliphatic heterocycles. The zero-order valence-electron chi connectivity index (χ0n) is 26.3. The minimum Gasteiger partial charge on any atom is -0.321 e. The summed E-state index contributed by atoms with van der Waals surface area (Å²) < 4.78 is 0. The van der Waals surface area contributed by atoms with E-state index in [1.54, 1.807) is 12.4 Å². The van der Waals surface area contributed by atoms with E-state index in [1.165, 1.54) is 70.6 Å². The van der Waals surface area contributed by atoms with E-state index in [-0.39, 0.29) is 11.7 Å². The summed E-state index contributed by atoms with van der Waals surface area (Å²) in [6, 6.07) is 3.21. The normalized spacial score (nSPS) is 41.5. The maximum Gasteiger partial charge on any atom is 0.181 e. The van der Waals surface area contributed by atoms with Gasteiger partial charge in [-0.25, -0.2) is 0 Å². The number of carbonyl (C=O) groups excluding carboxylic acids is 1. The molecule has 4 aliphatic rings. The fraction of sp³-hybridized carbons (Fsp3) is 0.833. The molecule has 0 amide bonds. The molecule has 1 aromatic heterocycles. The Morgan fingerprint density at radius 1 is 0.949 bits per heavy atom. The number of rotatable bonds is 8. The first kappa shape index (κ1) is 29.3. The highest BCUT2D eigenvalue weighted by Crippen LogP contribution is 2.75. The quantitative estimate of drug-likeness (QED) is 0.338. The van der Waals surface area contributed by atoms with Gasteiger partial charge in [0.15, 0.2) is 5.78 Å². The van der Waals surface area contributed by atoms with Gasteiger partial charge in [-0.3, -0.25) is 9.78 Å². The molecule has 4 saturated carbocycles. The smallest absolute Gasteiger partial charge is 0.181 e. The number of nitrogens with zero attached hydrogens (tertiary/aromatic N) is 1. The number of aromatic nitrogens is 1. The first-order valence-electron chi connectivity index (χ1n) is 16.5. The summed E-state index contributed by atoms with van der Waals surface area (Å²) in [5.74, 6) is 4.55. The summed E-state index contributed by atoms with van der Waals surface area (Å²) in [4.78, 5) is 16.9. The van der Waals surface area contributed by atoms with E-state index in [9.17, 15) is 4.79 Å². The van der Waals surface area contributed by atoms with E-state index in [0.717, 1.165) is 36.0 Å². The van der Waals surface area contributed by atoms with Gasteiger partial charge in [0.2, 0.25) is 0 Å². The van der Waals surface area contributed by atoms with Gasteiger partial charge in [-0.15, -0.1) is 0 Å². The Balaban J connectivity index is 1.21. The Bertz CT molecular complexity index is 1020. The molecule has 0 saturated heterocycles. The predicted molar refractivity (Wildman–Crippen MR) is 162 cm³/mol. The van der Waals surface area contributed by atoms with Gasteiger partial charge in [0.25, 0.3) is 0 Å². The number of nitrogens with two attached hydrogens (primary N) is 1. The summed E-state index contributed by atoms with van der Waals surface area (Å²) in [5, 5.41) is 0. The highest BCUT2D eigenvalue weighted by molar-refractivity contribution is 5.99. The molecule has 39 heavy (non-hydrogen) atoms. The number of hydrogen-bond donors (Lipinski definition) is 1. The van der Waals surface area contributed by atoms with Crippen LogP contribution in [0.3, 0.4) is 0 Å². The largest absolute Gasteiger partial charge is 0.321 e. The molecular formula is C36H58N2O. The van der Waals surface area contributed by atoms with Crippen LogP contribution >= 0.6 is 0 Å². The van der Waals surface area contributed by atoms with Crippen molar-refractivity contribution in [2.24, 2.45) is 62.9 Å². The first-order valence-corrected chi connectivity index (χ1v) is 16.5. The molecule has 1 heterocycles.